The van der Waals surface area contributed by atoms with E-state index < -0.39 is 0 Å². The van der Waals surface area contributed by atoms with E-state index >= 15 is 0 Å². The van der Waals surface area contributed by atoms with E-state index in [-0.39, 0.29) is 12.5 Å². The van der Waals surface area contributed by atoms with Gasteiger partial charge in [0.2, 0.25) is 0 Å². The molecule has 0 aliphatic heterocycles. The van der Waals surface area contributed by atoms with Crippen LogP contribution in [0.25, 0.3) is 0 Å². The van der Waals surface area contributed by atoms with Crippen LogP contribution in [0.2, 0.25) is 0 Å². The van der Waals surface area contributed by atoms with Crippen LogP contribution in [-0.4, -0.2) is 18.8 Å². The Bertz CT molecular complexity index is 330. The minimum absolute atomic E-state index is 0.117. The van der Waals surface area contributed by atoms with Gasteiger partial charge in [-0.3, -0.25) is 0 Å². The summed E-state index contributed by atoms with van der Waals surface area (Å²) in [5.74, 6) is 0.410. The molecule has 74 valence electrons. The molecule has 0 amide bonds. The Hall–Kier alpha value is -1.53. The number of ether oxygens (including phenoxy) is 1. The summed E-state index contributed by atoms with van der Waals surface area (Å²) in [6.07, 6.45) is 0.525. The van der Waals surface area contributed by atoms with Crippen LogP contribution < -0.4 is 4.74 Å². The van der Waals surface area contributed by atoms with Crippen molar-refractivity contribution in [3.63, 3.8) is 0 Å². The second-order valence-electron chi connectivity index (χ2n) is 3.02. The molecule has 0 spiro atoms. The molecule has 0 heterocycles. The summed E-state index contributed by atoms with van der Waals surface area (Å²) >= 11 is 0. The number of rotatable bonds is 4. The second kappa shape index (κ2) is 5.25. The third kappa shape index (κ3) is 2.48. The fraction of sp³-hybridized carbons (Fsp3) is 0.364. The molecule has 1 aromatic carbocycles. The van der Waals surface area contributed by atoms with Crippen LogP contribution in [0.1, 0.15) is 5.56 Å². The second-order valence-corrected chi connectivity index (χ2v) is 3.02. The first kappa shape index (κ1) is 10.6. The Kier molecular flexibility index (Phi) is 3.96. The van der Waals surface area contributed by atoms with Gasteiger partial charge in [0.25, 0.3) is 0 Å². The normalized spacial score (nSPS) is 11.8. The van der Waals surface area contributed by atoms with Crippen molar-refractivity contribution in [2.45, 2.75) is 6.42 Å². The summed E-state index contributed by atoms with van der Waals surface area (Å²) in [5, 5.41) is 17.6. The zero-order valence-corrected chi connectivity index (χ0v) is 8.10. The standard InChI is InChI=1S/C11H13NO2/c1-14-11-5-3-2-4-10(11)6-9(7-12)8-13/h2-5,9,13H,6,8H2,1H3/t9-/m0/s1. The van der Waals surface area contributed by atoms with Crippen molar-refractivity contribution in [3.05, 3.63) is 29.8 Å². The quantitative estimate of drug-likeness (QED) is 0.782. The van der Waals surface area contributed by atoms with E-state index in [1.54, 1.807) is 7.11 Å². The maximum Gasteiger partial charge on any atom is 0.122 e. The molecule has 3 nitrogen and oxygen atoms in total. The van der Waals surface area contributed by atoms with E-state index in [0.29, 0.717) is 6.42 Å². The van der Waals surface area contributed by atoms with E-state index in [0.717, 1.165) is 11.3 Å². The first-order valence-corrected chi connectivity index (χ1v) is 4.44. The predicted molar refractivity (Wildman–Crippen MR) is 52.9 cm³/mol. The lowest BCUT2D eigenvalue weighted by atomic mass is 10.0. The number of nitriles is 1. The van der Waals surface area contributed by atoms with E-state index in [1.165, 1.54) is 0 Å². The van der Waals surface area contributed by atoms with Gasteiger partial charge in [0.15, 0.2) is 0 Å². The molecule has 14 heavy (non-hydrogen) atoms. The smallest absolute Gasteiger partial charge is 0.122 e. The zero-order chi connectivity index (χ0) is 10.4. The molecule has 0 radical (unpaired) electrons. The molecule has 3 heteroatoms. The lowest BCUT2D eigenvalue weighted by Gasteiger charge is -2.09. The van der Waals surface area contributed by atoms with E-state index in [9.17, 15) is 0 Å². The van der Waals surface area contributed by atoms with Crippen molar-refractivity contribution in [2.75, 3.05) is 13.7 Å². The Morgan fingerprint density at radius 2 is 2.21 bits per heavy atom. The average molecular weight is 191 g/mol. The van der Waals surface area contributed by atoms with Crippen molar-refractivity contribution in [2.24, 2.45) is 5.92 Å². The van der Waals surface area contributed by atoms with Gasteiger partial charge < -0.3 is 9.84 Å². The molecule has 0 aromatic heterocycles. The lowest BCUT2D eigenvalue weighted by Crippen LogP contribution is -2.07. The van der Waals surface area contributed by atoms with Crippen LogP contribution in [0, 0.1) is 17.2 Å². The highest BCUT2D eigenvalue weighted by atomic mass is 16.5. The third-order valence-electron chi connectivity index (χ3n) is 2.06. The predicted octanol–water partition coefficient (Wildman–Crippen LogP) is 1.37. The summed E-state index contributed by atoms with van der Waals surface area (Å²) in [6, 6.07) is 9.57. The first-order chi connectivity index (χ1) is 6.81. The number of methoxy groups -OCH3 is 1. The maximum atomic E-state index is 8.89. The van der Waals surface area contributed by atoms with Gasteiger partial charge in [-0.25, -0.2) is 0 Å². The van der Waals surface area contributed by atoms with Gasteiger partial charge in [-0.1, -0.05) is 18.2 Å². The van der Waals surface area contributed by atoms with Crippen molar-refractivity contribution in [1.82, 2.24) is 0 Å². The highest BCUT2D eigenvalue weighted by Gasteiger charge is 2.09. The van der Waals surface area contributed by atoms with Gasteiger partial charge in [0, 0.05) is 0 Å². The van der Waals surface area contributed by atoms with Crippen molar-refractivity contribution in [1.29, 1.82) is 5.26 Å². The molecular formula is C11H13NO2. The largest absolute Gasteiger partial charge is 0.496 e. The number of aliphatic hydroxyl groups is 1. The maximum absolute atomic E-state index is 8.89. The Balaban J connectivity index is 2.80. The van der Waals surface area contributed by atoms with Crippen molar-refractivity contribution >= 4 is 0 Å². The average Bonchev–Trinajstić information content (AvgIpc) is 2.26. The van der Waals surface area contributed by atoms with Crippen LogP contribution in [0.4, 0.5) is 0 Å². The van der Waals surface area contributed by atoms with Crippen molar-refractivity contribution in [3.8, 4) is 11.8 Å². The summed E-state index contributed by atoms with van der Waals surface area (Å²) < 4.78 is 5.14. The molecule has 0 saturated carbocycles. The molecule has 1 N–H and O–H groups in total. The van der Waals surface area contributed by atoms with Gasteiger partial charge in [-0.2, -0.15) is 5.26 Å². The Morgan fingerprint density at radius 3 is 2.79 bits per heavy atom. The molecular weight excluding hydrogens is 178 g/mol. The van der Waals surface area contributed by atoms with Crippen LogP contribution in [0.5, 0.6) is 5.75 Å². The number of aliphatic hydroxyl groups excluding tert-OH is 1. The van der Waals surface area contributed by atoms with Gasteiger partial charge in [0.05, 0.1) is 25.7 Å². The third-order valence-corrected chi connectivity index (χ3v) is 2.06. The molecule has 0 bridgehead atoms. The van der Waals surface area contributed by atoms with E-state index in [1.807, 2.05) is 30.3 Å². The van der Waals surface area contributed by atoms with Gasteiger partial charge in [-0.15, -0.1) is 0 Å². The van der Waals surface area contributed by atoms with Crippen LogP contribution in [0.3, 0.4) is 0 Å². The number of hydrogen-bond acceptors (Lipinski definition) is 3. The molecule has 0 aliphatic carbocycles. The monoisotopic (exact) mass is 191 g/mol. The van der Waals surface area contributed by atoms with Gasteiger partial charge in [-0.05, 0) is 18.1 Å². The first-order valence-electron chi connectivity index (χ1n) is 4.44. The topological polar surface area (TPSA) is 53.2 Å². The minimum atomic E-state index is -0.355. The molecule has 0 saturated heterocycles. The molecule has 1 rings (SSSR count). The minimum Gasteiger partial charge on any atom is -0.496 e. The summed E-state index contributed by atoms with van der Waals surface area (Å²) in [6.45, 7) is -0.117. The molecule has 1 atom stereocenters. The van der Waals surface area contributed by atoms with Crippen LogP contribution in [-0.2, 0) is 6.42 Å². The van der Waals surface area contributed by atoms with E-state index in [4.69, 9.17) is 15.1 Å². The van der Waals surface area contributed by atoms with Crippen LogP contribution in [0.15, 0.2) is 24.3 Å². The van der Waals surface area contributed by atoms with E-state index in [2.05, 4.69) is 0 Å². The molecule has 0 unspecified atom stereocenters. The number of para-hydroxylation sites is 1. The van der Waals surface area contributed by atoms with Gasteiger partial charge in [0.1, 0.15) is 5.75 Å². The SMILES string of the molecule is COc1ccccc1C[C@@H](C#N)CO. The molecule has 1 aromatic rings. The fourth-order valence-electron chi connectivity index (χ4n) is 1.29. The zero-order valence-electron chi connectivity index (χ0n) is 8.10. The summed E-state index contributed by atoms with van der Waals surface area (Å²) in [7, 11) is 1.60. The Labute approximate surface area is 83.6 Å². The number of hydrogen-bond donors (Lipinski definition) is 1. The van der Waals surface area contributed by atoms with Crippen LogP contribution >= 0.6 is 0 Å². The highest BCUT2D eigenvalue weighted by molar-refractivity contribution is 5.33. The summed E-state index contributed by atoms with van der Waals surface area (Å²) in [5.41, 5.74) is 0.954. The Morgan fingerprint density at radius 1 is 1.50 bits per heavy atom. The lowest BCUT2D eigenvalue weighted by molar-refractivity contribution is 0.254. The molecule has 0 aliphatic rings. The number of nitrogens with zero attached hydrogens (tertiary/aromatic N) is 1. The van der Waals surface area contributed by atoms with Crippen molar-refractivity contribution < 1.29 is 9.84 Å². The fourth-order valence-corrected chi connectivity index (χ4v) is 1.29. The number of benzene rings is 1. The molecule has 0 fully saturated rings. The van der Waals surface area contributed by atoms with Gasteiger partial charge >= 0.3 is 0 Å². The summed E-state index contributed by atoms with van der Waals surface area (Å²) in [4.78, 5) is 0. The highest BCUT2D eigenvalue weighted by Crippen LogP contribution is 2.20.